The van der Waals surface area contributed by atoms with Crippen molar-refractivity contribution in [3.63, 3.8) is 0 Å². The number of esters is 2. The molecule has 0 amide bonds. The predicted molar refractivity (Wildman–Crippen MR) is 113 cm³/mol. The average molecular weight is 410 g/mol. The number of aryl methyl sites for hydroxylation is 2. The molecule has 2 aromatic heterocycles. The Morgan fingerprint density at radius 3 is 2.60 bits per heavy atom. The summed E-state index contributed by atoms with van der Waals surface area (Å²) < 4.78 is 10.1. The Kier molecular flexibility index (Phi) is 6.40. The summed E-state index contributed by atoms with van der Waals surface area (Å²) in [7, 11) is 1.29. The highest BCUT2D eigenvalue weighted by Gasteiger charge is 2.27. The summed E-state index contributed by atoms with van der Waals surface area (Å²) in [5.74, 6) is -1.32. The number of ketones is 1. The molecule has 158 valence electrons. The number of fused-ring (bicyclic) bond motifs is 1. The van der Waals surface area contributed by atoms with Crippen LogP contribution in [0.1, 0.15) is 57.4 Å². The number of para-hydroxylation sites is 1. The van der Waals surface area contributed by atoms with E-state index >= 15 is 0 Å². The lowest BCUT2D eigenvalue weighted by molar-refractivity contribution is -0.146. The van der Waals surface area contributed by atoms with Gasteiger partial charge in [-0.25, -0.2) is 4.79 Å². The minimum Gasteiger partial charge on any atom is -0.465 e. The molecule has 3 rings (SSSR count). The van der Waals surface area contributed by atoms with Crippen LogP contribution in [0.25, 0.3) is 10.9 Å². The molecular formula is C23H26N2O5. The van der Waals surface area contributed by atoms with Gasteiger partial charge in [0.25, 0.3) is 0 Å². The van der Waals surface area contributed by atoms with Crippen molar-refractivity contribution >= 4 is 28.6 Å². The van der Waals surface area contributed by atoms with Gasteiger partial charge in [0.1, 0.15) is 0 Å². The topological polar surface area (TPSA) is 101 Å². The first kappa shape index (κ1) is 21.4. The van der Waals surface area contributed by atoms with Crippen LogP contribution in [-0.2, 0) is 20.7 Å². The van der Waals surface area contributed by atoms with Gasteiger partial charge in [-0.1, -0.05) is 18.2 Å². The highest BCUT2D eigenvalue weighted by Crippen LogP contribution is 2.22. The number of aromatic nitrogens is 2. The fourth-order valence-electron chi connectivity index (χ4n) is 3.68. The number of H-pyrrole nitrogens is 2. The van der Waals surface area contributed by atoms with Gasteiger partial charge in [0.2, 0.25) is 5.78 Å². The summed E-state index contributed by atoms with van der Waals surface area (Å²) in [6.07, 6.45) is 2.57. The first-order valence-electron chi connectivity index (χ1n) is 9.89. The molecule has 3 aromatic rings. The van der Waals surface area contributed by atoms with Crippen LogP contribution in [-0.4, -0.2) is 40.9 Å². The van der Waals surface area contributed by atoms with Crippen molar-refractivity contribution in [1.29, 1.82) is 0 Å². The molecule has 0 saturated heterocycles. The number of carbonyl (C=O) groups excluding carboxylic acids is 3. The molecule has 0 aliphatic carbocycles. The molecule has 2 N–H and O–H groups in total. The number of aromatic amines is 2. The maximum Gasteiger partial charge on any atom is 0.339 e. The standard InChI is InChI=1S/C23H26N2O5/c1-13-20(23(28)29-4)14(2)25-21(13)22(27)15(3)30-19(26)11-7-8-16-12-24-18-10-6-5-9-17(16)18/h5-6,9-10,12,15,24-25H,7-8,11H2,1-4H3/t15-/m1/s1. The van der Waals surface area contributed by atoms with Crippen LogP contribution in [0.4, 0.5) is 0 Å². The van der Waals surface area contributed by atoms with Crippen molar-refractivity contribution in [3.8, 4) is 0 Å². The maximum atomic E-state index is 12.7. The molecular weight excluding hydrogens is 384 g/mol. The smallest absolute Gasteiger partial charge is 0.339 e. The van der Waals surface area contributed by atoms with Crippen molar-refractivity contribution in [2.75, 3.05) is 7.11 Å². The van der Waals surface area contributed by atoms with Crippen molar-refractivity contribution < 1.29 is 23.9 Å². The minimum atomic E-state index is -0.951. The van der Waals surface area contributed by atoms with Crippen molar-refractivity contribution in [1.82, 2.24) is 9.97 Å². The number of ether oxygens (including phenoxy) is 2. The van der Waals surface area contributed by atoms with E-state index in [1.165, 1.54) is 14.0 Å². The average Bonchev–Trinajstić information content (AvgIpc) is 3.27. The van der Waals surface area contributed by atoms with Crippen LogP contribution >= 0.6 is 0 Å². The summed E-state index contributed by atoms with van der Waals surface area (Å²) >= 11 is 0. The lowest BCUT2D eigenvalue weighted by Crippen LogP contribution is -2.25. The third kappa shape index (κ3) is 4.30. The SMILES string of the molecule is COC(=O)c1c(C)[nH]c(C(=O)[C@@H](C)OC(=O)CCCc2c[nH]c3ccccc23)c1C. The number of rotatable bonds is 8. The monoisotopic (exact) mass is 410 g/mol. The van der Waals surface area contributed by atoms with Crippen molar-refractivity contribution in [2.24, 2.45) is 0 Å². The van der Waals surface area contributed by atoms with Gasteiger partial charge in [0, 0.05) is 29.2 Å². The molecule has 0 unspecified atom stereocenters. The van der Waals surface area contributed by atoms with Crippen molar-refractivity contribution in [3.05, 3.63) is 58.5 Å². The van der Waals surface area contributed by atoms with Gasteiger partial charge in [-0.05, 0) is 50.8 Å². The van der Waals surface area contributed by atoms with Gasteiger partial charge >= 0.3 is 11.9 Å². The Balaban J connectivity index is 1.56. The fraction of sp³-hybridized carbons (Fsp3) is 0.348. The van der Waals surface area contributed by atoms with Gasteiger partial charge in [0.05, 0.1) is 18.4 Å². The van der Waals surface area contributed by atoms with Gasteiger partial charge in [-0.2, -0.15) is 0 Å². The first-order chi connectivity index (χ1) is 14.3. The maximum absolute atomic E-state index is 12.7. The molecule has 0 bridgehead atoms. The zero-order valence-corrected chi connectivity index (χ0v) is 17.6. The van der Waals surface area contributed by atoms with Crippen LogP contribution in [0, 0.1) is 13.8 Å². The number of carbonyl (C=O) groups is 3. The Morgan fingerprint density at radius 1 is 1.13 bits per heavy atom. The number of nitrogens with one attached hydrogen (secondary N) is 2. The van der Waals surface area contributed by atoms with E-state index in [-0.39, 0.29) is 17.9 Å². The number of benzene rings is 1. The van der Waals surface area contributed by atoms with Gasteiger partial charge in [0.15, 0.2) is 6.10 Å². The zero-order chi connectivity index (χ0) is 21.8. The van der Waals surface area contributed by atoms with Crippen LogP contribution < -0.4 is 0 Å². The molecule has 0 radical (unpaired) electrons. The number of methoxy groups -OCH3 is 1. The summed E-state index contributed by atoms with van der Waals surface area (Å²) in [6.45, 7) is 4.89. The van der Waals surface area contributed by atoms with E-state index in [0.29, 0.717) is 23.2 Å². The van der Waals surface area contributed by atoms with Crippen LogP contribution in [0.15, 0.2) is 30.5 Å². The second-order valence-corrected chi connectivity index (χ2v) is 7.33. The van der Waals surface area contributed by atoms with Gasteiger partial charge in [-0.15, -0.1) is 0 Å². The van der Waals surface area contributed by atoms with E-state index < -0.39 is 18.0 Å². The minimum absolute atomic E-state index is 0.216. The third-order valence-electron chi connectivity index (χ3n) is 5.25. The third-order valence-corrected chi connectivity index (χ3v) is 5.25. The molecule has 0 fully saturated rings. The van der Waals surface area contributed by atoms with Gasteiger partial charge in [-0.3, -0.25) is 9.59 Å². The summed E-state index contributed by atoms with van der Waals surface area (Å²) in [4.78, 5) is 43.0. The first-order valence-corrected chi connectivity index (χ1v) is 9.89. The number of hydrogen-bond acceptors (Lipinski definition) is 5. The highest BCUT2D eigenvalue weighted by atomic mass is 16.5. The van der Waals surface area contributed by atoms with Crippen molar-refractivity contribution in [2.45, 2.75) is 46.1 Å². The normalized spacial score (nSPS) is 12.0. The van der Waals surface area contributed by atoms with Gasteiger partial charge < -0.3 is 19.4 Å². The molecule has 0 saturated carbocycles. The summed E-state index contributed by atoms with van der Waals surface area (Å²) in [6, 6.07) is 8.01. The summed E-state index contributed by atoms with van der Waals surface area (Å²) in [5.41, 5.74) is 3.84. The second kappa shape index (κ2) is 8.98. The van der Waals surface area contributed by atoms with Crippen LogP contribution in [0.2, 0.25) is 0 Å². The van der Waals surface area contributed by atoms with E-state index in [4.69, 9.17) is 9.47 Å². The van der Waals surface area contributed by atoms with E-state index in [0.717, 1.165) is 22.9 Å². The number of Topliss-reactive ketones (excluding diaryl/α,β-unsaturated/α-hetero) is 1. The molecule has 1 atom stereocenters. The van der Waals surface area contributed by atoms with E-state index in [9.17, 15) is 14.4 Å². The fourth-order valence-corrected chi connectivity index (χ4v) is 3.68. The molecule has 7 heteroatoms. The Hall–Kier alpha value is -3.35. The molecule has 0 spiro atoms. The van der Waals surface area contributed by atoms with E-state index in [2.05, 4.69) is 9.97 Å². The Bertz CT molecular complexity index is 1090. The van der Waals surface area contributed by atoms with Crippen LogP contribution in [0.3, 0.4) is 0 Å². The van der Waals surface area contributed by atoms with Crippen LogP contribution in [0.5, 0.6) is 0 Å². The molecule has 0 aliphatic heterocycles. The Labute approximate surface area is 174 Å². The van der Waals surface area contributed by atoms with E-state index in [1.807, 2.05) is 30.5 Å². The summed E-state index contributed by atoms with van der Waals surface area (Å²) in [5, 5.41) is 1.15. The largest absolute Gasteiger partial charge is 0.465 e. The number of hydrogen-bond donors (Lipinski definition) is 2. The molecule has 7 nitrogen and oxygen atoms in total. The molecule has 30 heavy (non-hydrogen) atoms. The highest BCUT2D eigenvalue weighted by molar-refractivity contribution is 6.03. The zero-order valence-electron chi connectivity index (χ0n) is 17.6. The lowest BCUT2D eigenvalue weighted by Gasteiger charge is -2.12. The Morgan fingerprint density at radius 2 is 1.87 bits per heavy atom. The lowest BCUT2D eigenvalue weighted by atomic mass is 10.1. The molecule has 2 heterocycles. The predicted octanol–water partition coefficient (Wildman–Crippen LogP) is 4.04. The molecule has 0 aliphatic rings. The molecule has 1 aromatic carbocycles. The quantitative estimate of drug-likeness (QED) is 0.431. The van der Waals surface area contributed by atoms with E-state index in [1.54, 1.807) is 13.8 Å². The second-order valence-electron chi connectivity index (χ2n) is 7.33.